The molecule has 126 valence electrons. The lowest BCUT2D eigenvalue weighted by molar-refractivity contribution is -0.146. The Bertz CT molecular complexity index is 771. The Hall–Kier alpha value is -2.36. The second kappa shape index (κ2) is 5.93. The predicted octanol–water partition coefficient (Wildman–Crippen LogP) is 3.71. The fourth-order valence-electron chi connectivity index (χ4n) is 4.13. The van der Waals surface area contributed by atoms with Gasteiger partial charge >= 0.3 is 5.97 Å². The first kappa shape index (κ1) is 16.5. The third-order valence-corrected chi connectivity index (χ3v) is 5.22. The quantitative estimate of drug-likeness (QED) is 0.833. The normalized spacial score (nSPS) is 27.4. The standard InChI is InChI=1S/C20H23NO3/c1-10(2)16-13-7-8-14(16)18(20(23)24)17(13)19(22)21-15-9-11(3)5-6-12(15)4/h5-9,13-14,17-18H,1-4H3,(H,21,22)(H,23,24)/t13-,14-,17+,18+/m1/s1. The van der Waals surface area contributed by atoms with Crippen molar-refractivity contribution in [2.45, 2.75) is 27.7 Å². The Morgan fingerprint density at radius 1 is 1.04 bits per heavy atom. The van der Waals surface area contributed by atoms with Gasteiger partial charge in [-0.05, 0) is 44.9 Å². The van der Waals surface area contributed by atoms with Crippen LogP contribution in [0, 0.1) is 37.5 Å². The summed E-state index contributed by atoms with van der Waals surface area (Å²) in [6, 6.07) is 5.88. The fraction of sp³-hybridized carbons (Fsp3) is 0.400. The molecule has 2 aliphatic carbocycles. The molecule has 2 bridgehead atoms. The Morgan fingerprint density at radius 2 is 1.67 bits per heavy atom. The van der Waals surface area contributed by atoms with Gasteiger partial charge < -0.3 is 10.4 Å². The molecule has 1 fully saturated rings. The zero-order valence-electron chi connectivity index (χ0n) is 14.5. The summed E-state index contributed by atoms with van der Waals surface area (Å²) in [5, 5.41) is 12.6. The molecule has 0 spiro atoms. The summed E-state index contributed by atoms with van der Waals surface area (Å²) < 4.78 is 0. The number of carboxylic acid groups (broad SMARTS) is 1. The lowest BCUT2D eigenvalue weighted by atomic mass is 9.82. The van der Waals surface area contributed by atoms with Gasteiger partial charge in [-0.25, -0.2) is 0 Å². The molecular weight excluding hydrogens is 302 g/mol. The Morgan fingerprint density at radius 3 is 2.25 bits per heavy atom. The lowest BCUT2D eigenvalue weighted by Gasteiger charge is -2.23. The first-order chi connectivity index (χ1) is 11.3. The van der Waals surface area contributed by atoms with E-state index in [4.69, 9.17) is 0 Å². The molecule has 1 aromatic rings. The number of allylic oxidation sites excluding steroid dienone is 4. The van der Waals surface area contributed by atoms with Gasteiger partial charge in [0.25, 0.3) is 0 Å². The molecule has 3 rings (SSSR count). The molecule has 2 aliphatic rings. The molecule has 0 unspecified atom stereocenters. The number of aliphatic carboxylic acids is 1. The summed E-state index contributed by atoms with van der Waals surface area (Å²) >= 11 is 0. The summed E-state index contributed by atoms with van der Waals surface area (Å²) in [6.45, 7) is 7.89. The number of carboxylic acids is 1. The number of carbonyl (C=O) groups is 2. The van der Waals surface area contributed by atoms with Crippen LogP contribution in [0.2, 0.25) is 0 Å². The number of aryl methyl sites for hydroxylation is 2. The molecule has 0 saturated heterocycles. The number of amides is 1. The van der Waals surface area contributed by atoms with Crippen LogP contribution in [0.15, 0.2) is 41.5 Å². The van der Waals surface area contributed by atoms with Crippen LogP contribution < -0.4 is 5.32 Å². The number of hydrogen-bond acceptors (Lipinski definition) is 2. The SMILES string of the molecule is CC(C)=C1[C@H]2C=C[C@H]1[C@H](C(=O)Nc1cc(C)ccc1C)[C@H]2C(=O)O. The van der Waals surface area contributed by atoms with Crippen molar-refractivity contribution in [2.75, 3.05) is 5.32 Å². The largest absolute Gasteiger partial charge is 0.481 e. The second-order valence-corrected chi connectivity index (χ2v) is 7.09. The van der Waals surface area contributed by atoms with Gasteiger partial charge in [0.05, 0.1) is 11.8 Å². The first-order valence-electron chi connectivity index (χ1n) is 8.27. The van der Waals surface area contributed by atoms with E-state index in [0.717, 1.165) is 28.0 Å². The summed E-state index contributed by atoms with van der Waals surface area (Å²) in [5.74, 6) is -2.60. The van der Waals surface area contributed by atoms with E-state index in [2.05, 4.69) is 5.32 Å². The molecule has 4 atom stereocenters. The topological polar surface area (TPSA) is 66.4 Å². The number of fused-ring (bicyclic) bond motifs is 2. The maximum atomic E-state index is 12.9. The maximum absolute atomic E-state index is 12.9. The van der Waals surface area contributed by atoms with E-state index in [0.29, 0.717) is 0 Å². The highest BCUT2D eigenvalue weighted by molar-refractivity contribution is 5.97. The summed E-state index contributed by atoms with van der Waals surface area (Å²) in [4.78, 5) is 24.7. The molecule has 0 aliphatic heterocycles. The van der Waals surface area contributed by atoms with Gasteiger partial charge in [-0.3, -0.25) is 9.59 Å². The molecule has 24 heavy (non-hydrogen) atoms. The number of nitrogens with one attached hydrogen (secondary N) is 1. The Labute approximate surface area is 142 Å². The van der Waals surface area contributed by atoms with Crippen molar-refractivity contribution in [1.82, 2.24) is 0 Å². The van der Waals surface area contributed by atoms with Crippen LogP contribution in [0.4, 0.5) is 5.69 Å². The van der Waals surface area contributed by atoms with E-state index in [1.54, 1.807) is 0 Å². The highest BCUT2D eigenvalue weighted by atomic mass is 16.4. The summed E-state index contributed by atoms with van der Waals surface area (Å²) in [7, 11) is 0. The van der Waals surface area contributed by atoms with Gasteiger partial charge in [0.15, 0.2) is 0 Å². The maximum Gasteiger partial charge on any atom is 0.308 e. The average molecular weight is 325 g/mol. The van der Waals surface area contributed by atoms with E-state index < -0.39 is 17.8 Å². The molecule has 0 aromatic heterocycles. The first-order valence-corrected chi connectivity index (χ1v) is 8.27. The fourth-order valence-corrected chi connectivity index (χ4v) is 4.13. The molecule has 2 N–H and O–H groups in total. The number of hydrogen-bond donors (Lipinski definition) is 2. The van der Waals surface area contributed by atoms with Crippen LogP contribution in [-0.4, -0.2) is 17.0 Å². The van der Waals surface area contributed by atoms with E-state index in [1.165, 1.54) is 0 Å². The number of benzene rings is 1. The molecule has 0 heterocycles. The minimum atomic E-state index is -0.897. The molecule has 1 aromatic carbocycles. The van der Waals surface area contributed by atoms with Crippen LogP contribution >= 0.6 is 0 Å². The van der Waals surface area contributed by atoms with Crippen LogP contribution in [0.3, 0.4) is 0 Å². The van der Waals surface area contributed by atoms with Crippen LogP contribution in [0.1, 0.15) is 25.0 Å². The van der Waals surface area contributed by atoms with E-state index in [1.807, 2.05) is 58.0 Å². The van der Waals surface area contributed by atoms with E-state index >= 15 is 0 Å². The van der Waals surface area contributed by atoms with Crippen molar-refractivity contribution >= 4 is 17.6 Å². The van der Waals surface area contributed by atoms with Gasteiger partial charge in [-0.15, -0.1) is 0 Å². The predicted molar refractivity (Wildman–Crippen MR) is 93.7 cm³/mol. The summed E-state index contributed by atoms with van der Waals surface area (Å²) in [6.07, 6.45) is 3.95. The number of carbonyl (C=O) groups excluding carboxylic acids is 1. The van der Waals surface area contributed by atoms with Crippen molar-refractivity contribution in [1.29, 1.82) is 0 Å². The zero-order chi connectivity index (χ0) is 17.6. The van der Waals surface area contributed by atoms with E-state index in [9.17, 15) is 14.7 Å². The smallest absolute Gasteiger partial charge is 0.308 e. The minimum absolute atomic E-state index is 0.105. The van der Waals surface area contributed by atoms with Crippen molar-refractivity contribution < 1.29 is 14.7 Å². The van der Waals surface area contributed by atoms with Crippen molar-refractivity contribution in [3.8, 4) is 0 Å². The third kappa shape index (κ3) is 2.56. The van der Waals surface area contributed by atoms with Crippen LogP contribution in [0.25, 0.3) is 0 Å². The van der Waals surface area contributed by atoms with Crippen LogP contribution in [0.5, 0.6) is 0 Å². The molecule has 1 amide bonds. The highest BCUT2D eigenvalue weighted by Gasteiger charge is 2.54. The minimum Gasteiger partial charge on any atom is -0.481 e. The number of rotatable bonds is 3. The summed E-state index contributed by atoms with van der Waals surface area (Å²) in [5.41, 5.74) is 5.01. The zero-order valence-corrected chi connectivity index (χ0v) is 14.5. The van der Waals surface area contributed by atoms with Crippen molar-refractivity contribution in [3.05, 3.63) is 52.6 Å². The molecule has 4 nitrogen and oxygen atoms in total. The second-order valence-electron chi connectivity index (χ2n) is 7.09. The highest BCUT2D eigenvalue weighted by Crippen LogP contribution is 2.53. The van der Waals surface area contributed by atoms with Crippen molar-refractivity contribution in [3.63, 3.8) is 0 Å². The van der Waals surface area contributed by atoms with Gasteiger partial charge in [-0.1, -0.05) is 35.4 Å². The Kier molecular flexibility index (Phi) is 4.08. The van der Waals surface area contributed by atoms with Crippen molar-refractivity contribution in [2.24, 2.45) is 23.7 Å². The molecular formula is C20H23NO3. The monoisotopic (exact) mass is 325 g/mol. The molecule has 1 saturated carbocycles. The van der Waals surface area contributed by atoms with Gasteiger partial charge in [0, 0.05) is 17.5 Å². The number of anilines is 1. The Balaban J connectivity index is 1.94. The van der Waals surface area contributed by atoms with E-state index in [-0.39, 0.29) is 17.7 Å². The van der Waals surface area contributed by atoms with Crippen LogP contribution in [-0.2, 0) is 9.59 Å². The van der Waals surface area contributed by atoms with Gasteiger partial charge in [0.2, 0.25) is 5.91 Å². The lowest BCUT2D eigenvalue weighted by Crippen LogP contribution is -2.36. The average Bonchev–Trinajstić information content (AvgIpc) is 3.06. The third-order valence-electron chi connectivity index (χ3n) is 5.22. The molecule has 4 heteroatoms. The van der Waals surface area contributed by atoms with Gasteiger partial charge in [-0.2, -0.15) is 0 Å². The van der Waals surface area contributed by atoms with Gasteiger partial charge in [0.1, 0.15) is 0 Å². The molecule has 0 radical (unpaired) electrons.